The first-order chi connectivity index (χ1) is 19.0. The monoisotopic (exact) mass is 558 g/mol. The van der Waals surface area contributed by atoms with Gasteiger partial charge in [-0.15, -0.1) is 0 Å². The van der Waals surface area contributed by atoms with Gasteiger partial charge in [-0.2, -0.15) is 13.2 Å². The highest BCUT2D eigenvalue weighted by Gasteiger charge is 2.40. The van der Waals surface area contributed by atoms with Crippen LogP contribution >= 0.6 is 0 Å². The standard InChI is InChI=1S/C24H22N4O4.C3H3F3O2/c1-14-10-16(19-4-2-3-5-20(19)25-14)13-31-17-8-6-15(7-9-17)21-11-18(32-28-21)12-22-23(29)27-24(30)26-22;1-8-2(7)3(4,5)6/h2-10,18,22H,11-13H2,1H3,(H2,26,27,29,30);1H3. The first-order valence-corrected chi connectivity index (χ1v) is 12.1. The third-order valence-corrected chi connectivity index (χ3v) is 6.02. The van der Waals surface area contributed by atoms with Gasteiger partial charge in [0.05, 0.1) is 18.3 Å². The van der Waals surface area contributed by atoms with E-state index in [4.69, 9.17) is 9.57 Å². The minimum atomic E-state index is -4.85. The maximum absolute atomic E-state index is 11.7. The summed E-state index contributed by atoms with van der Waals surface area (Å²) in [5.74, 6) is -1.74. The predicted molar refractivity (Wildman–Crippen MR) is 136 cm³/mol. The number of hydrogen-bond donors (Lipinski definition) is 2. The number of nitrogens with zero attached hydrogens (tertiary/aromatic N) is 2. The molecule has 0 spiro atoms. The Balaban J connectivity index is 0.000000406. The zero-order chi connectivity index (χ0) is 28.9. The number of carbonyl (C=O) groups is 3. The van der Waals surface area contributed by atoms with Crippen LogP contribution in [-0.4, -0.2) is 54.0 Å². The summed E-state index contributed by atoms with van der Waals surface area (Å²) in [5, 5.41) is 10.1. The molecule has 5 rings (SSSR count). The molecule has 40 heavy (non-hydrogen) atoms. The molecular weight excluding hydrogens is 533 g/mol. The maximum atomic E-state index is 11.7. The van der Waals surface area contributed by atoms with E-state index in [2.05, 4.69) is 37.6 Å². The molecule has 3 amide bonds. The van der Waals surface area contributed by atoms with Crippen molar-refractivity contribution in [1.82, 2.24) is 15.6 Å². The molecular formula is C27H25F3N4O6. The second kappa shape index (κ2) is 12.0. The number of fused-ring (bicyclic) bond motifs is 1. The number of ether oxygens (including phenoxy) is 2. The number of benzene rings is 2. The van der Waals surface area contributed by atoms with E-state index in [1.807, 2.05) is 49.4 Å². The van der Waals surface area contributed by atoms with Crippen LogP contribution in [0.25, 0.3) is 10.9 Å². The molecule has 2 unspecified atom stereocenters. The predicted octanol–water partition coefficient (Wildman–Crippen LogP) is 3.94. The SMILES string of the molecule is COC(=O)C(F)(F)F.Cc1cc(COc2ccc(C3=NOC(CC4NC(=O)NC4=O)C3)cc2)c2ccccc2n1. The van der Waals surface area contributed by atoms with Crippen LogP contribution in [0.15, 0.2) is 59.8 Å². The number of alkyl halides is 3. The lowest BCUT2D eigenvalue weighted by atomic mass is 10.0. The van der Waals surface area contributed by atoms with Crippen molar-refractivity contribution in [3.8, 4) is 5.75 Å². The molecule has 1 saturated heterocycles. The number of aromatic nitrogens is 1. The molecule has 3 heterocycles. The number of carbonyl (C=O) groups excluding carboxylic acids is 3. The summed E-state index contributed by atoms with van der Waals surface area (Å²) in [4.78, 5) is 42.5. The third kappa shape index (κ3) is 7.04. The Morgan fingerprint density at radius 3 is 2.48 bits per heavy atom. The van der Waals surface area contributed by atoms with Crippen molar-refractivity contribution in [2.45, 2.75) is 44.7 Å². The normalized spacial score (nSPS) is 18.2. The molecule has 0 saturated carbocycles. The van der Waals surface area contributed by atoms with Crippen LogP contribution < -0.4 is 15.4 Å². The number of nitrogens with one attached hydrogen (secondary N) is 2. The number of hydrogen-bond acceptors (Lipinski definition) is 8. The number of aryl methyl sites for hydroxylation is 1. The Bertz CT molecular complexity index is 1440. The van der Waals surface area contributed by atoms with Crippen molar-refractivity contribution in [2.75, 3.05) is 7.11 Å². The fourth-order valence-electron chi connectivity index (χ4n) is 4.15. The lowest BCUT2D eigenvalue weighted by Crippen LogP contribution is -2.33. The molecule has 2 aromatic carbocycles. The number of methoxy groups -OCH3 is 1. The van der Waals surface area contributed by atoms with Crippen LogP contribution in [0.4, 0.5) is 18.0 Å². The fraction of sp³-hybridized carbons (Fsp3) is 0.296. The van der Waals surface area contributed by atoms with E-state index in [1.165, 1.54) is 0 Å². The number of urea groups is 1. The zero-order valence-electron chi connectivity index (χ0n) is 21.4. The van der Waals surface area contributed by atoms with Crippen molar-refractivity contribution < 1.29 is 41.9 Å². The van der Waals surface area contributed by atoms with E-state index < -0.39 is 24.2 Å². The van der Waals surface area contributed by atoms with Crippen LogP contribution in [0.2, 0.25) is 0 Å². The Morgan fingerprint density at radius 2 is 1.85 bits per heavy atom. The van der Waals surface area contributed by atoms with Crippen molar-refractivity contribution in [1.29, 1.82) is 0 Å². The summed E-state index contributed by atoms with van der Waals surface area (Å²) in [7, 11) is 0.676. The van der Waals surface area contributed by atoms with E-state index in [0.717, 1.165) is 39.2 Å². The topological polar surface area (TPSA) is 128 Å². The number of esters is 1. The molecule has 10 nitrogen and oxygen atoms in total. The largest absolute Gasteiger partial charge is 0.490 e. The van der Waals surface area contributed by atoms with Crippen molar-refractivity contribution in [3.63, 3.8) is 0 Å². The average Bonchev–Trinajstić information content (AvgIpc) is 3.52. The van der Waals surface area contributed by atoms with Gasteiger partial charge in [-0.3, -0.25) is 15.1 Å². The molecule has 1 fully saturated rings. The van der Waals surface area contributed by atoms with Gasteiger partial charge in [-0.25, -0.2) is 9.59 Å². The Morgan fingerprint density at radius 1 is 1.12 bits per heavy atom. The van der Waals surface area contributed by atoms with E-state index in [1.54, 1.807) is 0 Å². The number of para-hydroxylation sites is 1. The lowest BCUT2D eigenvalue weighted by molar-refractivity contribution is -0.196. The number of amides is 3. The summed E-state index contributed by atoms with van der Waals surface area (Å²) in [6.07, 6.45) is -4.15. The second-order valence-corrected chi connectivity index (χ2v) is 8.96. The van der Waals surface area contributed by atoms with E-state index in [9.17, 15) is 27.6 Å². The molecule has 2 atom stereocenters. The van der Waals surface area contributed by atoms with Gasteiger partial charge in [-0.05, 0) is 48.9 Å². The molecule has 1 aromatic heterocycles. The van der Waals surface area contributed by atoms with Crippen molar-refractivity contribution in [2.24, 2.45) is 5.16 Å². The smallest absolute Gasteiger partial charge is 0.489 e. The van der Waals surface area contributed by atoms with Gasteiger partial charge in [0.15, 0.2) is 0 Å². The minimum Gasteiger partial charge on any atom is -0.489 e. The zero-order valence-corrected chi connectivity index (χ0v) is 21.4. The van der Waals surface area contributed by atoms with Crippen molar-refractivity contribution in [3.05, 3.63) is 71.4 Å². The van der Waals surface area contributed by atoms with Gasteiger partial charge in [-0.1, -0.05) is 23.4 Å². The molecule has 2 aliphatic rings. The van der Waals surface area contributed by atoms with Crippen LogP contribution in [0, 0.1) is 6.92 Å². The number of imide groups is 1. The van der Waals surface area contributed by atoms with Crippen molar-refractivity contribution >= 4 is 34.5 Å². The summed E-state index contributed by atoms with van der Waals surface area (Å²) in [6, 6.07) is 16.8. The van der Waals surface area contributed by atoms with E-state index in [-0.39, 0.29) is 12.0 Å². The van der Waals surface area contributed by atoms with Crippen LogP contribution in [0.5, 0.6) is 5.75 Å². The van der Waals surface area contributed by atoms with Gasteiger partial charge in [0.2, 0.25) is 0 Å². The highest BCUT2D eigenvalue weighted by Crippen LogP contribution is 2.24. The highest BCUT2D eigenvalue weighted by atomic mass is 19.4. The minimum absolute atomic E-state index is 0.252. The molecule has 0 radical (unpaired) electrons. The molecule has 0 aliphatic carbocycles. The number of pyridine rings is 1. The molecule has 0 bridgehead atoms. The Kier molecular flexibility index (Phi) is 8.51. The van der Waals surface area contributed by atoms with Gasteiger partial charge < -0.3 is 19.6 Å². The third-order valence-electron chi connectivity index (χ3n) is 6.02. The van der Waals surface area contributed by atoms with Gasteiger partial charge >= 0.3 is 18.2 Å². The van der Waals surface area contributed by atoms with Crippen LogP contribution in [-0.2, 0) is 25.8 Å². The lowest BCUT2D eigenvalue weighted by Gasteiger charge is -2.12. The quantitative estimate of drug-likeness (QED) is 0.347. The van der Waals surface area contributed by atoms with Gasteiger partial charge in [0.25, 0.3) is 5.91 Å². The maximum Gasteiger partial charge on any atom is 0.490 e. The first kappa shape index (κ1) is 28.3. The summed E-state index contributed by atoms with van der Waals surface area (Å²) >= 11 is 0. The average molecular weight is 559 g/mol. The molecule has 3 aromatic rings. The van der Waals surface area contributed by atoms with E-state index >= 15 is 0 Å². The van der Waals surface area contributed by atoms with E-state index in [0.29, 0.717) is 26.6 Å². The molecule has 2 N–H and O–H groups in total. The Hall–Kier alpha value is -4.68. The molecule has 210 valence electrons. The molecule has 13 heteroatoms. The summed E-state index contributed by atoms with van der Waals surface area (Å²) in [5.41, 5.74) is 4.76. The number of oxime groups is 1. The highest BCUT2D eigenvalue weighted by molar-refractivity contribution is 6.04. The van der Waals surface area contributed by atoms with Crippen LogP contribution in [0.3, 0.4) is 0 Å². The fourth-order valence-corrected chi connectivity index (χ4v) is 4.15. The number of halogens is 3. The Labute approximate surface area is 226 Å². The first-order valence-electron chi connectivity index (χ1n) is 12.1. The van der Waals surface area contributed by atoms with Gasteiger partial charge in [0, 0.05) is 29.5 Å². The van der Waals surface area contributed by atoms with Gasteiger partial charge in [0.1, 0.15) is 24.5 Å². The molecule has 2 aliphatic heterocycles. The second-order valence-electron chi connectivity index (χ2n) is 8.96. The summed E-state index contributed by atoms with van der Waals surface area (Å²) < 4.78 is 42.3. The number of rotatable bonds is 6. The summed E-state index contributed by atoms with van der Waals surface area (Å²) in [6.45, 7) is 2.43. The van der Waals surface area contributed by atoms with Crippen LogP contribution in [0.1, 0.15) is 29.7 Å².